The molecule has 0 radical (unpaired) electrons. The van der Waals surface area contributed by atoms with Gasteiger partial charge in [0.1, 0.15) is 27.9 Å². The van der Waals surface area contributed by atoms with Crippen molar-refractivity contribution in [2.24, 2.45) is 0 Å². The molecular formula is C23H16Cl2N6O5S. The van der Waals surface area contributed by atoms with E-state index in [1.807, 2.05) is 0 Å². The Morgan fingerprint density at radius 3 is 2.49 bits per heavy atom. The number of hydrogen-bond acceptors (Lipinski definition) is 9. The Morgan fingerprint density at radius 1 is 1.08 bits per heavy atom. The standard InChI is InChI=1S/C23H16Cl2N6O5S/c1-35-13-6-14(36-2)16(25)19(15(13)24)29-22(32)11-7-37-20-17(11)26-8-27-21(20)28-9-3-4-10-12(5-9)30-31-18(10)23(33)34/h3-8H,1-2H3,(H,29,32)(H,30,31)(H,33,34)(H,26,27,28). The van der Waals surface area contributed by atoms with E-state index in [0.717, 1.165) is 0 Å². The number of methoxy groups -OCH3 is 2. The molecule has 0 unspecified atom stereocenters. The number of benzene rings is 2. The van der Waals surface area contributed by atoms with Crippen molar-refractivity contribution < 1.29 is 24.2 Å². The molecule has 0 atom stereocenters. The lowest BCUT2D eigenvalue weighted by Crippen LogP contribution is -2.13. The second-order valence-corrected chi connectivity index (χ2v) is 9.19. The molecule has 0 fully saturated rings. The highest BCUT2D eigenvalue weighted by Crippen LogP contribution is 2.44. The molecule has 11 nitrogen and oxygen atoms in total. The first kappa shape index (κ1) is 24.6. The van der Waals surface area contributed by atoms with E-state index in [1.165, 1.54) is 38.0 Å². The number of fused-ring (bicyclic) bond motifs is 2. The molecule has 4 N–H and O–H groups in total. The first-order chi connectivity index (χ1) is 17.8. The van der Waals surface area contributed by atoms with Gasteiger partial charge in [-0.25, -0.2) is 14.8 Å². The summed E-state index contributed by atoms with van der Waals surface area (Å²) in [6, 6.07) is 6.59. The fourth-order valence-corrected chi connectivity index (χ4v) is 5.21. The van der Waals surface area contributed by atoms with Crippen molar-refractivity contribution in [3.63, 3.8) is 0 Å². The van der Waals surface area contributed by atoms with Crippen LogP contribution < -0.4 is 20.1 Å². The van der Waals surface area contributed by atoms with E-state index < -0.39 is 11.9 Å². The summed E-state index contributed by atoms with van der Waals surface area (Å²) in [5, 5.41) is 24.1. The normalized spacial score (nSPS) is 11.0. The van der Waals surface area contributed by atoms with E-state index >= 15 is 0 Å². The third kappa shape index (κ3) is 4.35. The number of aromatic amines is 1. The first-order valence-corrected chi connectivity index (χ1v) is 12.1. The predicted octanol–water partition coefficient (Wildman–Crippen LogP) is 5.59. The molecule has 3 heterocycles. The minimum absolute atomic E-state index is 0.0613. The number of halogens is 2. The molecule has 0 spiro atoms. The molecule has 188 valence electrons. The number of nitrogens with zero attached hydrogens (tertiary/aromatic N) is 3. The minimum Gasteiger partial charge on any atom is -0.495 e. The van der Waals surface area contributed by atoms with Crippen molar-refractivity contribution in [1.29, 1.82) is 0 Å². The molecule has 5 rings (SSSR count). The number of thiophene rings is 1. The zero-order chi connectivity index (χ0) is 26.3. The maximum Gasteiger partial charge on any atom is 0.357 e. The van der Waals surface area contributed by atoms with Crippen LogP contribution in [-0.4, -0.2) is 51.4 Å². The highest BCUT2D eigenvalue weighted by atomic mass is 35.5. The number of carboxylic acid groups (broad SMARTS) is 1. The van der Waals surface area contributed by atoms with Crippen molar-refractivity contribution >= 4 is 84.7 Å². The van der Waals surface area contributed by atoms with Gasteiger partial charge in [0.25, 0.3) is 5.91 Å². The Morgan fingerprint density at radius 2 is 1.81 bits per heavy atom. The summed E-state index contributed by atoms with van der Waals surface area (Å²) in [5.74, 6) is -0.580. The van der Waals surface area contributed by atoms with E-state index in [0.29, 0.717) is 32.6 Å². The monoisotopic (exact) mass is 558 g/mol. The number of hydrogen-bond donors (Lipinski definition) is 4. The van der Waals surface area contributed by atoms with Gasteiger partial charge in [-0.3, -0.25) is 9.89 Å². The van der Waals surface area contributed by atoms with Crippen LogP contribution in [0.2, 0.25) is 10.0 Å². The summed E-state index contributed by atoms with van der Waals surface area (Å²) in [6.45, 7) is 0. The predicted molar refractivity (Wildman–Crippen MR) is 141 cm³/mol. The quantitative estimate of drug-likeness (QED) is 0.200. The lowest BCUT2D eigenvalue weighted by molar-refractivity contribution is 0.0692. The van der Waals surface area contributed by atoms with Crippen LogP contribution in [0, 0.1) is 0 Å². The number of carbonyl (C=O) groups excluding carboxylic acids is 1. The number of carbonyl (C=O) groups is 2. The van der Waals surface area contributed by atoms with Crippen molar-refractivity contribution in [2.45, 2.75) is 0 Å². The van der Waals surface area contributed by atoms with Crippen molar-refractivity contribution in [2.75, 3.05) is 24.9 Å². The van der Waals surface area contributed by atoms with E-state index in [1.54, 1.807) is 23.6 Å². The number of rotatable bonds is 7. The molecule has 0 saturated heterocycles. The van der Waals surface area contributed by atoms with Gasteiger partial charge in [-0.1, -0.05) is 23.2 Å². The third-order valence-corrected chi connectivity index (χ3v) is 7.16. The van der Waals surface area contributed by atoms with Crippen LogP contribution in [0.4, 0.5) is 17.2 Å². The Labute approximate surface area is 222 Å². The largest absolute Gasteiger partial charge is 0.495 e. The van der Waals surface area contributed by atoms with Crippen molar-refractivity contribution in [3.8, 4) is 11.5 Å². The molecule has 14 heteroatoms. The van der Waals surface area contributed by atoms with Gasteiger partial charge < -0.3 is 25.2 Å². The molecule has 2 aromatic carbocycles. The number of aromatic nitrogens is 4. The van der Waals surface area contributed by atoms with Gasteiger partial charge in [0.15, 0.2) is 11.5 Å². The molecule has 0 bridgehead atoms. The molecule has 1 amide bonds. The molecule has 3 aromatic heterocycles. The third-order valence-electron chi connectivity index (χ3n) is 5.44. The topological polar surface area (TPSA) is 151 Å². The summed E-state index contributed by atoms with van der Waals surface area (Å²) in [5.41, 5.74) is 1.96. The second kappa shape index (κ2) is 9.73. The zero-order valence-electron chi connectivity index (χ0n) is 19.1. The number of ether oxygens (including phenoxy) is 2. The average Bonchev–Trinajstić information content (AvgIpc) is 3.51. The van der Waals surface area contributed by atoms with Gasteiger partial charge in [-0.2, -0.15) is 5.10 Å². The number of amides is 1. The molecular weight excluding hydrogens is 543 g/mol. The molecule has 37 heavy (non-hydrogen) atoms. The van der Waals surface area contributed by atoms with E-state index in [9.17, 15) is 14.7 Å². The van der Waals surface area contributed by atoms with Gasteiger partial charge in [-0.15, -0.1) is 11.3 Å². The van der Waals surface area contributed by atoms with Crippen LogP contribution in [-0.2, 0) is 0 Å². The molecule has 0 aliphatic carbocycles. The summed E-state index contributed by atoms with van der Waals surface area (Å²) in [4.78, 5) is 33.1. The Bertz CT molecular complexity index is 1670. The van der Waals surface area contributed by atoms with Crippen LogP contribution in [0.15, 0.2) is 36.0 Å². The van der Waals surface area contributed by atoms with Gasteiger partial charge in [-0.05, 0) is 18.2 Å². The van der Waals surface area contributed by atoms with Gasteiger partial charge in [0.05, 0.1) is 41.2 Å². The lowest BCUT2D eigenvalue weighted by Gasteiger charge is -2.15. The summed E-state index contributed by atoms with van der Waals surface area (Å²) in [6.07, 6.45) is 1.33. The van der Waals surface area contributed by atoms with E-state index in [4.69, 9.17) is 32.7 Å². The summed E-state index contributed by atoms with van der Waals surface area (Å²) in [7, 11) is 2.88. The van der Waals surface area contributed by atoms with Crippen molar-refractivity contribution in [1.82, 2.24) is 20.2 Å². The minimum atomic E-state index is -1.12. The average molecular weight is 559 g/mol. The molecule has 0 saturated carbocycles. The smallest absolute Gasteiger partial charge is 0.357 e. The van der Waals surface area contributed by atoms with Crippen LogP contribution >= 0.6 is 34.5 Å². The lowest BCUT2D eigenvalue weighted by atomic mass is 10.2. The van der Waals surface area contributed by atoms with Gasteiger partial charge in [0.2, 0.25) is 0 Å². The number of anilines is 3. The Balaban J connectivity index is 1.46. The maximum atomic E-state index is 13.2. The zero-order valence-corrected chi connectivity index (χ0v) is 21.4. The first-order valence-electron chi connectivity index (χ1n) is 10.4. The van der Waals surface area contributed by atoms with E-state index in [-0.39, 0.29) is 38.5 Å². The number of nitrogens with one attached hydrogen (secondary N) is 3. The Hall–Kier alpha value is -4.13. The van der Waals surface area contributed by atoms with Crippen molar-refractivity contribution in [3.05, 3.63) is 57.3 Å². The highest BCUT2D eigenvalue weighted by Gasteiger charge is 2.22. The summed E-state index contributed by atoms with van der Waals surface area (Å²) < 4.78 is 11.1. The second-order valence-electron chi connectivity index (χ2n) is 7.55. The van der Waals surface area contributed by atoms with Crippen LogP contribution in [0.5, 0.6) is 11.5 Å². The van der Waals surface area contributed by atoms with Gasteiger partial charge in [0, 0.05) is 22.5 Å². The maximum absolute atomic E-state index is 13.2. The van der Waals surface area contributed by atoms with Gasteiger partial charge >= 0.3 is 5.97 Å². The van der Waals surface area contributed by atoms with E-state index in [2.05, 4.69) is 30.8 Å². The van der Waals surface area contributed by atoms with Crippen LogP contribution in [0.3, 0.4) is 0 Å². The Kier molecular flexibility index (Phi) is 6.46. The SMILES string of the molecule is COc1cc(OC)c(Cl)c(NC(=O)c2csc3c(Nc4ccc5c(C(=O)O)n[nH]c5c4)ncnc23)c1Cl. The van der Waals surface area contributed by atoms with Crippen LogP contribution in [0.1, 0.15) is 20.8 Å². The fourth-order valence-electron chi connectivity index (χ4n) is 3.67. The highest BCUT2D eigenvalue weighted by molar-refractivity contribution is 7.18. The number of aromatic carboxylic acids is 1. The molecule has 0 aliphatic rings. The molecule has 0 aliphatic heterocycles. The molecule has 5 aromatic rings. The number of H-pyrrole nitrogens is 1. The summed E-state index contributed by atoms with van der Waals surface area (Å²) >= 11 is 14.1. The van der Waals surface area contributed by atoms with Crippen LogP contribution in [0.25, 0.3) is 21.1 Å². The fraction of sp³-hybridized carbons (Fsp3) is 0.0870. The number of carboxylic acids is 1.